The second-order valence-electron chi connectivity index (χ2n) is 2.48. The van der Waals surface area contributed by atoms with Gasteiger partial charge in [0.2, 0.25) is 0 Å². The predicted molar refractivity (Wildman–Crippen MR) is 51.8 cm³/mol. The molecule has 13 heavy (non-hydrogen) atoms. The maximum absolute atomic E-state index is 12.3. The van der Waals surface area contributed by atoms with E-state index in [-0.39, 0.29) is 5.01 Å². The summed E-state index contributed by atoms with van der Waals surface area (Å²) in [5.41, 5.74) is 0.561. The van der Waals surface area contributed by atoms with E-state index in [1.54, 1.807) is 18.2 Å². The fourth-order valence-electron chi connectivity index (χ4n) is 1.04. The first-order chi connectivity index (χ1) is 6.18. The summed E-state index contributed by atoms with van der Waals surface area (Å²) in [6.07, 6.45) is -2.50. The lowest BCUT2D eigenvalue weighted by atomic mass is 10.3. The van der Waals surface area contributed by atoms with E-state index < -0.39 is 6.43 Å². The van der Waals surface area contributed by atoms with Gasteiger partial charge in [0.05, 0.1) is 10.2 Å². The van der Waals surface area contributed by atoms with Crippen LogP contribution in [0.25, 0.3) is 10.2 Å². The van der Waals surface area contributed by atoms with Crippen LogP contribution in [-0.4, -0.2) is 4.98 Å². The lowest BCUT2D eigenvalue weighted by Crippen LogP contribution is -1.79. The third-order valence-electron chi connectivity index (χ3n) is 1.60. The van der Waals surface area contributed by atoms with E-state index >= 15 is 0 Å². The standard InChI is InChI=1S/C8H5F2NS2/c9-7(10)8-11-6-4(12)2-1-3-5(6)13-8/h1-3,7,12H. The number of thiazole rings is 1. The number of hydrogen-bond donors (Lipinski definition) is 1. The maximum atomic E-state index is 12.3. The van der Waals surface area contributed by atoms with Crippen molar-refractivity contribution in [3.63, 3.8) is 0 Å². The van der Waals surface area contributed by atoms with Gasteiger partial charge in [-0.05, 0) is 12.1 Å². The van der Waals surface area contributed by atoms with E-state index in [1.807, 2.05) is 0 Å². The second-order valence-corrected chi connectivity index (χ2v) is 4.02. The maximum Gasteiger partial charge on any atom is 0.289 e. The van der Waals surface area contributed by atoms with Crippen molar-refractivity contribution in [2.24, 2.45) is 0 Å². The SMILES string of the molecule is FC(F)c1nc2c(S)cccc2s1. The number of fused-ring (bicyclic) bond motifs is 1. The number of nitrogens with zero attached hydrogens (tertiary/aromatic N) is 1. The summed E-state index contributed by atoms with van der Waals surface area (Å²) >= 11 is 5.14. The van der Waals surface area contributed by atoms with E-state index in [2.05, 4.69) is 17.6 Å². The molecule has 2 rings (SSSR count). The van der Waals surface area contributed by atoms with Gasteiger partial charge < -0.3 is 0 Å². The Morgan fingerprint density at radius 1 is 1.38 bits per heavy atom. The summed E-state index contributed by atoms with van der Waals surface area (Å²) in [6, 6.07) is 5.27. The Morgan fingerprint density at radius 3 is 2.77 bits per heavy atom. The summed E-state index contributed by atoms with van der Waals surface area (Å²) in [5.74, 6) is 0. The minimum absolute atomic E-state index is 0.142. The molecule has 0 amide bonds. The van der Waals surface area contributed by atoms with Gasteiger partial charge in [-0.25, -0.2) is 13.8 Å². The minimum Gasteiger partial charge on any atom is -0.234 e. The first-order valence-corrected chi connectivity index (χ1v) is 4.81. The highest BCUT2D eigenvalue weighted by Crippen LogP contribution is 2.31. The molecule has 0 saturated carbocycles. The summed E-state index contributed by atoms with van der Waals surface area (Å²) in [6.45, 7) is 0. The molecular weight excluding hydrogens is 212 g/mol. The van der Waals surface area contributed by atoms with Crippen LogP contribution in [0.3, 0.4) is 0 Å². The lowest BCUT2D eigenvalue weighted by molar-refractivity contribution is 0.151. The van der Waals surface area contributed by atoms with Gasteiger partial charge in [-0.15, -0.1) is 24.0 Å². The number of halogens is 2. The smallest absolute Gasteiger partial charge is 0.234 e. The van der Waals surface area contributed by atoms with E-state index in [0.29, 0.717) is 10.4 Å². The molecule has 0 N–H and O–H groups in total. The van der Waals surface area contributed by atoms with Gasteiger partial charge >= 0.3 is 0 Å². The van der Waals surface area contributed by atoms with Crippen LogP contribution in [0.5, 0.6) is 0 Å². The molecule has 0 saturated heterocycles. The van der Waals surface area contributed by atoms with Gasteiger partial charge in [-0.2, -0.15) is 0 Å². The first-order valence-electron chi connectivity index (χ1n) is 3.55. The Hall–Kier alpha value is -0.680. The quantitative estimate of drug-likeness (QED) is 0.721. The Morgan fingerprint density at radius 2 is 2.15 bits per heavy atom. The van der Waals surface area contributed by atoms with Crippen molar-refractivity contribution in [2.45, 2.75) is 11.3 Å². The normalized spacial score (nSPS) is 11.4. The van der Waals surface area contributed by atoms with Crippen molar-refractivity contribution >= 4 is 34.2 Å². The monoisotopic (exact) mass is 217 g/mol. The molecule has 1 nitrogen and oxygen atoms in total. The molecule has 1 aromatic carbocycles. The molecule has 0 fully saturated rings. The van der Waals surface area contributed by atoms with Crippen LogP contribution in [0.2, 0.25) is 0 Å². The van der Waals surface area contributed by atoms with Gasteiger partial charge in [-0.1, -0.05) is 6.07 Å². The second kappa shape index (κ2) is 3.23. The van der Waals surface area contributed by atoms with Crippen LogP contribution in [0.1, 0.15) is 11.4 Å². The predicted octanol–water partition coefficient (Wildman–Crippen LogP) is 3.52. The van der Waals surface area contributed by atoms with Crippen molar-refractivity contribution in [3.8, 4) is 0 Å². The highest BCUT2D eigenvalue weighted by Gasteiger charge is 2.13. The average Bonchev–Trinajstić information content (AvgIpc) is 2.49. The van der Waals surface area contributed by atoms with Crippen LogP contribution < -0.4 is 0 Å². The van der Waals surface area contributed by atoms with Crippen molar-refractivity contribution in [1.29, 1.82) is 0 Å². The molecule has 0 aliphatic carbocycles. The van der Waals surface area contributed by atoms with Crippen molar-refractivity contribution < 1.29 is 8.78 Å². The molecular formula is C8H5F2NS2. The minimum atomic E-state index is -2.50. The van der Waals surface area contributed by atoms with Gasteiger partial charge in [0, 0.05) is 4.90 Å². The summed E-state index contributed by atoms with van der Waals surface area (Å²) in [5, 5.41) is -0.142. The number of thiol groups is 1. The molecule has 68 valence electrons. The van der Waals surface area contributed by atoms with Crippen molar-refractivity contribution in [3.05, 3.63) is 23.2 Å². The zero-order valence-corrected chi connectivity index (χ0v) is 8.08. The number of rotatable bonds is 1. The van der Waals surface area contributed by atoms with E-state index in [9.17, 15) is 8.78 Å². The largest absolute Gasteiger partial charge is 0.289 e. The topological polar surface area (TPSA) is 12.9 Å². The third-order valence-corrected chi connectivity index (χ3v) is 2.99. The van der Waals surface area contributed by atoms with Crippen molar-refractivity contribution in [2.75, 3.05) is 0 Å². The van der Waals surface area contributed by atoms with E-state index in [1.165, 1.54) is 0 Å². The summed E-state index contributed by atoms with van der Waals surface area (Å²) in [7, 11) is 0. The van der Waals surface area contributed by atoms with Crippen molar-refractivity contribution in [1.82, 2.24) is 4.98 Å². The molecule has 0 spiro atoms. The van der Waals surface area contributed by atoms with Gasteiger partial charge in [0.1, 0.15) is 0 Å². The summed E-state index contributed by atoms with van der Waals surface area (Å²) in [4.78, 5) is 4.44. The third kappa shape index (κ3) is 1.53. The van der Waals surface area contributed by atoms with Gasteiger partial charge in [0.15, 0.2) is 5.01 Å². The number of para-hydroxylation sites is 1. The molecule has 1 aromatic heterocycles. The van der Waals surface area contributed by atoms with Gasteiger partial charge in [-0.3, -0.25) is 0 Å². The molecule has 5 heteroatoms. The Kier molecular flexibility index (Phi) is 2.21. The van der Waals surface area contributed by atoms with Crippen LogP contribution in [0, 0.1) is 0 Å². The molecule has 0 bridgehead atoms. The van der Waals surface area contributed by atoms with E-state index in [0.717, 1.165) is 16.0 Å². The fraction of sp³-hybridized carbons (Fsp3) is 0.125. The molecule has 0 atom stereocenters. The highest BCUT2D eigenvalue weighted by molar-refractivity contribution is 7.80. The van der Waals surface area contributed by atoms with Crippen LogP contribution >= 0.6 is 24.0 Å². The van der Waals surface area contributed by atoms with Crippen LogP contribution in [0.15, 0.2) is 23.1 Å². The molecule has 0 radical (unpaired) electrons. The zero-order chi connectivity index (χ0) is 9.42. The van der Waals surface area contributed by atoms with E-state index in [4.69, 9.17) is 0 Å². The van der Waals surface area contributed by atoms with Crippen LogP contribution in [0.4, 0.5) is 8.78 Å². The highest BCUT2D eigenvalue weighted by atomic mass is 32.1. The molecule has 0 aliphatic rings. The Bertz CT molecular complexity index is 439. The molecule has 2 aromatic rings. The molecule has 1 heterocycles. The Balaban J connectivity index is 2.68. The number of alkyl halides is 2. The number of benzene rings is 1. The Labute approximate surface area is 82.8 Å². The van der Waals surface area contributed by atoms with Gasteiger partial charge in [0.25, 0.3) is 6.43 Å². The fourth-order valence-corrected chi connectivity index (χ4v) is 2.23. The molecule has 0 aliphatic heterocycles. The van der Waals surface area contributed by atoms with Crippen LogP contribution in [-0.2, 0) is 0 Å². The first kappa shape index (κ1) is 8.90. The number of aromatic nitrogens is 1. The average molecular weight is 217 g/mol. The summed E-state index contributed by atoms with van der Waals surface area (Å²) < 4.78 is 25.3. The number of hydrogen-bond acceptors (Lipinski definition) is 3. The lowest BCUT2D eigenvalue weighted by Gasteiger charge is -1.89. The zero-order valence-electron chi connectivity index (χ0n) is 6.37. The molecule has 0 unspecified atom stereocenters.